The fourth-order valence-corrected chi connectivity index (χ4v) is 11.5. The van der Waals surface area contributed by atoms with Crippen molar-refractivity contribution in [3.8, 4) is 11.7 Å². The van der Waals surface area contributed by atoms with E-state index in [9.17, 15) is 22.4 Å². The van der Waals surface area contributed by atoms with E-state index in [1.807, 2.05) is 23.6 Å². The monoisotopic (exact) mass is 876 g/mol. The van der Waals surface area contributed by atoms with Gasteiger partial charge in [-0.2, -0.15) is 4.98 Å². The van der Waals surface area contributed by atoms with Crippen LogP contribution in [0.15, 0.2) is 79.7 Å². The third-order valence-corrected chi connectivity index (χ3v) is 16.0. The van der Waals surface area contributed by atoms with E-state index in [0.717, 1.165) is 29.3 Å². The number of carbonyl (C=O) groups is 1. The number of H-pyrrole nitrogens is 1. The molecule has 3 aromatic carbocycles. The molecule has 3 atom stereocenters. The van der Waals surface area contributed by atoms with Crippen molar-refractivity contribution in [2.24, 2.45) is 5.92 Å². The van der Waals surface area contributed by atoms with Crippen LogP contribution in [0.1, 0.15) is 108 Å². The summed E-state index contributed by atoms with van der Waals surface area (Å²) in [5.41, 5.74) is 4.00. The number of halogens is 1. The topological polar surface area (TPSA) is 172 Å². The van der Waals surface area contributed by atoms with E-state index in [2.05, 4.69) is 29.2 Å². The number of hydrogen-bond donors (Lipinski definition) is 1. The van der Waals surface area contributed by atoms with Crippen LogP contribution < -0.4 is 16.1 Å². The third-order valence-electron chi connectivity index (χ3n) is 13.7. The Bertz CT molecular complexity index is 3010. The number of sulfone groups is 1. The lowest BCUT2D eigenvalue weighted by molar-refractivity contribution is 0.0656. The Morgan fingerprint density at radius 1 is 0.984 bits per heavy atom. The average Bonchev–Trinajstić information content (AvgIpc) is 4.17. The minimum atomic E-state index is -3.33. The second kappa shape index (κ2) is 15.4. The van der Waals surface area contributed by atoms with Gasteiger partial charge in [-0.05, 0) is 136 Å². The second-order valence-corrected chi connectivity index (χ2v) is 20.0. The number of benzene rings is 3. The Labute approximate surface area is 362 Å². The second-order valence-electron chi connectivity index (χ2n) is 17.7. The van der Waals surface area contributed by atoms with Gasteiger partial charge >= 0.3 is 11.8 Å². The lowest BCUT2D eigenvalue weighted by atomic mass is 9.91. The molecule has 1 amide bonds. The van der Waals surface area contributed by atoms with Gasteiger partial charge < -0.3 is 18.9 Å². The summed E-state index contributed by atoms with van der Waals surface area (Å²) in [6.45, 7) is 8.88. The van der Waals surface area contributed by atoms with Crippen LogP contribution in [-0.2, 0) is 33.0 Å². The van der Waals surface area contributed by atoms with Crippen LogP contribution >= 0.6 is 0 Å². The Kier molecular flexibility index (Phi) is 10.1. The zero-order chi connectivity index (χ0) is 43.9. The first-order valence-corrected chi connectivity index (χ1v) is 23.3. The first kappa shape index (κ1) is 41.2. The molecule has 3 aromatic heterocycles. The molecule has 0 radical (unpaired) electrons. The van der Waals surface area contributed by atoms with E-state index in [0.29, 0.717) is 89.3 Å². The summed E-state index contributed by atoms with van der Waals surface area (Å²) in [6, 6.07) is 17.5. The van der Waals surface area contributed by atoms with Crippen LogP contribution in [0.5, 0.6) is 6.01 Å². The van der Waals surface area contributed by atoms with Crippen LogP contribution in [-0.4, -0.2) is 75.1 Å². The molecular formula is C47H49FN6O8S. The van der Waals surface area contributed by atoms with Crippen molar-refractivity contribution in [3.05, 3.63) is 132 Å². The van der Waals surface area contributed by atoms with Gasteiger partial charge in [-0.15, -0.1) is 0 Å². The highest BCUT2D eigenvalue weighted by molar-refractivity contribution is 7.92. The molecule has 1 N–H and O–H groups in total. The molecule has 1 unspecified atom stereocenters. The molecule has 2 aliphatic heterocycles. The number of fused-ring (bicyclic) bond motifs is 2. The number of nitrogens with zero attached hydrogens (tertiary/aromatic N) is 5. The molecule has 2 saturated carbocycles. The lowest BCUT2D eigenvalue weighted by Gasteiger charge is -2.35. The number of aromatic nitrogens is 5. The molecule has 6 aromatic rings. The van der Waals surface area contributed by atoms with Crippen LogP contribution in [0.25, 0.3) is 16.6 Å². The Balaban J connectivity index is 1.02. The van der Waals surface area contributed by atoms with Gasteiger partial charge in [-0.3, -0.25) is 19.1 Å². The van der Waals surface area contributed by atoms with Crippen LogP contribution in [0.3, 0.4) is 0 Å². The van der Waals surface area contributed by atoms with Crippen molar-refractivity contribution in [2.75, 3.05) is 26.4 Å². The summed E-state index contributed by atoms with van der Waals surface area (Å²) < 4.78 is 60.8. The average molecular weight is 877 g/mol. The van der Waals surface area contributed by atoms with Gasteiger partial charge in [0.05, 0.1) is 34.2 Å². The molecule has 63 heavy (non-hydrogen) atoms. The minimum absolute atomic E-state index is 0.00580. The van der Waals surface area contributed by atoms with Gasteiger partial charge in [0.1, 0.15) is 17.1 Å². The summed E-state index contributed by atoms with van der Waals surface area (Å²) in [6.07, 6.45) is 4.39. The van der Waals surface area contributed by atoms with Gasteiger partial charge in [0, 0.05) is 42.6 Å². The summed E-state index contributed by atoms with van der Waals surface area (Å²) in [5, 5.41) is 4.71. The Hall–Kier alpha value is -5.87. The highest BCUT2D eigenvalue weighted by atomic mass is 32.2. The van der Waals surface area contributed by atoms with Crippen molar-refractivity contribution in [2.45, 2.75) is 100 Å². The molecule has 16 heteroatoms. The molecule has 5 heterocycles. The van der Waals surface area contributed by atoms with Gasteiger partial charge in [0.15, 0.2) is 15.7 Å². The largest absolute Gasteiger partial charge is 0.464 e. The number of aryl methyl sites for hydroxylation is 2. The maximum absolute atomic E-state index is 15.2. The molecule has 0 spiro atoms. The molecule has 2 aliphatic carbocycles. The highest BCUT2D eigenvalue weighted by Crippen LogP contribution is 2.56. The first-order valence-electron chi connectivity index (χ1n) is 21.8. The number of amides is 1. The van der Waals surface area contributed by atoms with E-state index in [-0.39, 0.29) is 54.0 Å². The van der Waals surface area contributed by atoms with Crippen LogP contribution in [0.4, 0.5) is 4.39 Å². The van der Waals surface area contributed by atoms with Crippen LogP contribution in [0.2, 0.25) is 0 Å². The third kappa shape index (κ3) is 7.01. The van der Waals surface area contributed by atoms with E-state index >= 15 is 4.79 Å². The van der Waals surface area contributed by atoms with E-state index in [1.165, 1.54) is 10.1 Å². The van der Waals surface area contributed by atoms with Crippen molar-refractivity contribution in [3.63, 3.8) is 0 Å². The molecule has 0 bridgehead atoms. The SMILES string of the molecule is Cc1cc(-n2c(OCCc3ccc(S(=O)(=O)C4CC4)cc3)nc3c(c2=O)CCN(C(=O)c2cc4cc(C5CCOCC5)ccc4n2C2(c4noc(=O)[nH]4)C[C@@H]2C)[C@H]3C)cc(C)c1F. The van der Waals surface area contributed by atoms with Crippen molar-refractivity contribution in [1.82, 2.24) is 29.2 Å². The van der Waals surface area contributed by atoms with Crippen molar-refractivity contribution in [1.29, 1.82) is 0 Å². The van der Waals surface area contributed by atoms with Gasteiger partial charge in [0.2, 0.25) is 0 Å². The van der Waals surface area contributed by atoms with Gasteiger partial charge in [-0.1, -0.05) is 30.3 Å². The van der Waals surface area contributed by atoms with Crippen molar-refractivity contribution < 1.29 is 31.6 Å². The quantitative estimate of drug-likeness (QED) is 0.149. The number of carbonyl (C=O) groups excluding carboxylic acids is 1. The van der Waals surface area contributed by atoms with E-state index in [1.54, 1.807) is 55.1 Å². The number of rotatable bonds is 11. The zero-order valence-corrected chi connectivity index (χ0v) is 36.5. The summed E-state index contributed by atoms with van der Waals surface area (Å²) in [7, 11) is -3.33. The van der Waals surface area contributed by atoms with Gasteiger partial charge in [-0.25, -0.2) is 22.2 Å². The predicted octanol–water partition coefficient (Wildman–Crippen LogP) is 6.61. The zero-order valence-electron chi connectivity index (χ0n) is 35.6. The summed E-state index contributed by atoms with van der Waals surface area (Å²) in [5.74, 6) is -0.616. The number of hydrogen-bond acceptors (Lipinski definition) is 10. The molecular weight excluding hydrogens is 828 g/mol. The Morgan fingerprint density at radius 2 is 1.70 bits per heavy atom. The predicted molar refractivity (Wildman–Crippen MR) is 231 cm³/mol. The Morgan fingerprint density at radius 3 is 2.35 bits per heavy atom. The molecule has 4 aliphatic rings. The molecule has 14 nitrogen and oxygen atoms in total. The molecule has 3 fully saturated rings. The fraction of sp³-hybridized carbons (Fsp3) is 0.426. The minimum Gasteiger partial charge on any atom is -0.464 e. The standard InChI is InChI=1S/C47H49FN6O8S/c1-26-21-34(22-27(2)40(26)48)53-42(55)37-13-17-52(29(4)41(37)49-45(53)61-20-14-30-5-8-35(9-6-30)63(58,59)36-10-11-36)43(56)39-24-33-23-32(31-15-18-60-19-16-31)7-12-38(33)54(39)47(25-28(47)3)44-50-46(57)62-51-44/h5-9,12,21-24,28-29,31,36H,10-11,13-20,25H2,1-4H3,(H,50,51,57)/t28-,29-,47?/m0/s1. The summed E-state index contributed by atoms with van der Waals surface area (Å²) >= 11 is 0. The molecule has 10 rings (SSSR count). The lowest BCUT2D eigenvalue weighted by Crippen LogP contribution is -2.44. The van der Waals surface area contributed by atoms with Crippen molar-refractivity contribution >= 4 is 26.6 Å². The van der Waals surface area contributed by atoms with Gasteiger partial charge in [0.25, 0.3) is 11.5 Å². The van der Waals surface area contributed by atoms with E-state index < -0.39 is 27.2 Å². The number of aromatic amines is 1. The first-order chi connectivity index (χ1) is 30.3. The number of nitrogens with one attached hydrogen (secondary N) is 1. The normalized spacial score (nSPS) is 21.4. The maximum Gasteiger partial charge on any atom is 0.438 e. The smallest absolute Gasteiger partial charge is 0.438 e. The summed E-state index contributed by atoms with van der Waals surface area (Å²) in [4.78, 5) is 52.0. The molecule has 328 valence electrons. The maximum atomic E-state index is 15.2. The highest BCUT2D eigenvalue weighted by Gasteiger charge is 2.59. The molecule has 1 saturated heterocycles. The number of ether oxygens (including phenoxy) is 2. The fourth-order valence-electron chi connectivity index (χ4n) is 9.86. The van der Waals surface area contributed by atoms with Crippen LogP contribution in [0, 0.1) is 25.6 Å². The van der Waals surface area contributed by atoms with E-state index in [4.69, 9.17) is 19.0 Å².